The maximum absolute atomic E-state index is 10.6. The lowest BCUT2D eigenvalue weighted by Gasteiger charge is -1.98. The topological polar surface area (TPSA) is 69.2 Å². The van der Waals surface area contributed by atoms with Crippen molar-refractivity contribution in [2.75, 3.05) is 6.54 Å². The van der Waals surface area contributed by atoms with Crippen LogP contribution in [-0.4, -0.2) is 11.5 Å². The standard InChI is InChI=1S/C10H10N2O2/c1-8-4-2-6-10(12(13)14)9(8)5-3-7-11/h2,4,6H,7,11H2,1H3. The lowest BCUT2D eigenvalue weighted by molar-refractivity contribution is -0.385. The molecule has 0 radical (unpaired) electrons. The highest BCUT2D eigenvalue weighted by Gasteiger charge is 2.12. The van der Waals surface area contributed by atoms with Gasteiger partial charge in [0.25, 0.3) is 5.69 Å². The van der Waals surface area contributed by atoms with Crippen molar-refractivity contribution in [1.29, 1.82) is 0 Å². The van der Waals surface area contributed by atoms with E-state index in [4.69, 9.17) is 5.73 Å². The van der Waals surface area contributed by atoms with E-state index < -0.39 is 4.92 Å². The minimum Gasteiger partial charge on any atom is -0.320 e. The van der Waals surface area contributed by atoms with Crippen LogP contribution in [0.4, 0.5) is 5.69 Å². The minimum absolute atomic E-state index is 0.0333. The van der Waals surface area contributed by atoms with Gasteiger partial charge in [0.05, 0.1) is 11.5 Å². The van der Waals surface area contributed by atoms with Gasteiger partial charge in [-0.3, -0.25) is 10.1 Å². The van der Waals surface area contributed by atoms with Gasteiger partial charge in [-0.1, -0.05) is 24.0 Å². The summed E-state index contributed by atoms with van der Waals surface area (Å²) in [5, 5.41) is 10.6. The molecule has 1 aromatic carbocycles. The normalized spacial score (nSPS) is 9.00. The molecule has 0 amide bonds. The highest BCUT2D eigenvalue weighted by Crippen LogP contribution is 2.20. The lowest BCUT2D eigenvalue weighted by atomic mass is 10.1. The van der Waals surface area contributed by atoms with Gasteiger partial charge in [-0.25, -0.2) is 0 Å². The number of aryl methyl sites for hydroxylation is 1. The third-order valence-electron chi connectivity index (χ3n) is 1.76. The van der Waals surface area contributed by atoms with Crippen molar-refractivity contribution in [3.63, 3.8) is 0 Å². The van der Waals surface area contributed by atoms with Gasteiger partial charge >= 0.3 is 0 Å². The molecule has 0 saturated heterocycles. The predicted octanol–water partition coefficient (Wildman–Crippen LogP) is 1.21. The van der Waals surface area contributed by atoms with E-state index in [1.807, 2.05) is 0 Å². The summed E-state index contributed by atoms with van der Waals surface area (Å²) in [5.41, 5.74) is 6.48. The second-order valence-electron chi connectivity index (χ2n) is 2.73. The number of hydrogen-bond donors (Lipinski definition) is 1. The quantitative estimate of drug-likeness (QED) is 0.411. The molecule has 0 spiro atoms. The van der Waals surface area contributed by atoms with E-state index in [0.29, 0.717) is 5.56 Å². The van der Waals surface area contributed by atoms with Crippen molar-refractivity contribution in [3.8, 4) is 11.8 Å². The SMILES string of the molecule is Cc1cccc([N+](=O)[O-])c1C#CCN. The minimum atomic E-state index is -0.437. The Hall–Kier alpha value is -1.86. The largest absolute Gasteiger partial charge is 0.320 e. The van der Waals surface area contributed by atoms with Crippen LogP contribution in [0.3, 0.4) is 0 Å². The van der Waals surface area contributed by atoms with E-state index in [2.05, 4.69) is 11.8 Å². The first kappa shape index (κ1) is 10.2. The zero-order valence-electron chi connectivity index (χ0n) is 7.78. The number of nitro groups is 1. The molecule has 4 nitrogen and oxygen atoms in total. The van der Waals surface area contributed by atoms with E-state index in [-0.39, 0.29) is 12.2 Å². The Labute approximate surface area is 81.9 Å². The molecule has 1 rings (SSSR count). The molecule has 1 aromatic rings. The number of rotatable bonds is 1. The van der Waals surface area contributed by atoms with Gasteiger partial charge in [0.2, 0.25) is 0 Å². The molecule has 2 N–H and O–H groups in total. The Morgan fingerprint density at radius 2 is 2.29 bits per heavy atom. The second kappa shape index (κ2) is 4.40. The van der Waals surface area contributed by atoms with Gasteiger partial charge in [0.15, 0.2) is 0 Å². The zero-order valence-corrected chi connectivity index (χ0v) is 7.78. The molecule has 0 unspecified atom stereocenters. The van der Waals surface area contributed by atoms with Crippen LogP contribution in [0.25, 0.3) is 0 Å². The molecule has 0 fully saturated rings. The third kappa shape index (κ3) is 2.09. The first-order valence-corrected chi connectivity index (χ1v) is 4.09. The molecule has 0 aliphatic heterocycles. The van der Waals surface area contributed by atoms with Crippen molar-refractivity contribution in [2.24, 2.45) is 5.73 Å². The van der Waals surface area contributed by atoms with Crippen LogP contribution in [0.15, 0.2) is 18.2 Å². The molecule has 0 aromatic heterocycles. The first-order valence-electron chi connectivity index (χ1n) is 4.09. The van der Waals surface area contributed by atoms with E-state index in [1.54, 1.807) is 19.1 Å². The smallest absolute Gasteiger partial charge is 0.285 e. The maximum Gasteiger partial charge on any atom is 0.285 e. The molecule has 0 saturated carbocycles. The zero-order chi connectivity index (χ0) is 10.6. The van der Waals surface area contributed by atoms with Gasteiger partial charge in [-0.2, -0.15) is 0 Å². The van der Waals surface area contributed by atoms with Crippen LogP contribution in [-0.2, 0) is 0 Å². The fourth-order valence-corrected chi connectivity index (χ4v) is 1.11. The first-order chi connectivity index (χ1) is 6.66. The van der Waals surface area contributed by atoms with Crippen LogP contribution < -0.4 is 5.73 Å². The van der Waals surface area contributed by atoms with E-state index in [9.17, 15) is 10.1 Å². The summed E-state index contributed by atoms with van der Waals surface area (Å²) in [4.78, 5) is 10.2. The fourth-order valence-electron chi connectivity index (χ4n) is 1.11. The van der Waals surface area contributed by atoms with Crippen molar-refractivity contribution in [1.82, 2.24) is 0 Å². The van der Waals surface area contributed by atoms with Gasteiger partial charge in [-0.15, -0.1) is 0 Å². The summed E-state index contributed by atoms with van der Waals surface area (Å²) in [7, 11) is 0. The number of nitrogens with zero attached hydrogens (tertiary/aromatic N) is 1. The van der Waals surface area contributed by atoms with Gasteiger partial charge in [-0.05, 0) is 12.5 Å². The monoisotopic (exact) mass is 190 g/mol. The van der Waals surface area contributed by atoms with Gasteiger partial charge < -0.3 is 5.73 Å². The van der Waals surface area contributed by atoms with Crippen molar-refractivity contribution in [2.45, 2.75) is 6.92 Å². The molecule has 0 atom stereocenters. The number of hydrogen-bond acceptors (Lipinski definition) is 3. The Bertz CT molecular complexity index is 416. The Kier molecular flexibility index (Phi) is 3.21. The summed E-state index contributed by atoms with van der Waals surface area (Å²) in [6.07, 6.45) is 0. The summed E-state index contributed by atoms with van der Waals surface area (Å²) in [6.45, 7) is 1.99. The van der Waals surface area contributed by atoms with Gasteiger partial charge in [0.1, 0.15) is 5.56 Å². The number of benzene rings is 1. The predicted molar refractivity (Wildman–Crippen MR) is 53.8 cm³/mol. The highest BCUT2D eigenvalue weighted by molar-refractivity contribution is 5.55. The summed E-state index contributed by atoms with van der Waals surface area (Å²) in [6, 6.07) is 4.86. The van der Waals surface area contributed by atoms with Crippen LogP contribution in [0, 0.1) is 28.9 Å². The van der Waals surface area contributed by atoms with Gasteiger partial charge in [0, 0.05) is 6.07 Å². The third-order valence-corrected chi connectivity index (χ3v) is 1.76. The average Bonchev–Trinajstić information content (AvgIpc) is 2.15. The van der Waals surface area contributed by atoms with Crippen molar-refractivity contribution >= 4 is 5.69 Å². The van der Waals surface area contributed by atoms with Crippen LogP contribution in [0.1, 0.15) is 11.1 Å². The summed E-state index contributed by atoms with van der Waals surface area (Å²) >= 11 is 0. The average molecular weight is 190 g/mol. The highest BCUT2D eigenvalue weighted by atomic mass is 16.6. The fraction of sp³-hybridized carbons (Fsp3) is 0.200. The van der Waals surface area contributed by atoms with Crippen molar-refractivity contribution in [3.05, 3.63) is 39.4 Å². The Morgan fingerprint density at radius 1 is 1.57 bits per heavy atom. The van der Waals surface area contributed by atoms with Crippen LogP contribution in [0.5, 0.6) is 0 Å². The lowest BCUT2D eigenvalue weighted by Crippen LogP contribution is -1.96. The summed E-state index contributed by atoms with van der Waals surface area (Å²) < 4.78 is 0. The van der Waals surface area contributed by atoms with E-state index >= 15 is 0 Å². The molecule has 0 bridgehead atoms. The van der Waals surface area contributed by atoms with Crippen molar-refractivity contribution < 1.29 is 4.92 Å². The molecule has 0 aliphatic rings. The molecule has 0 heterocycles. The Morgan fingerprint density at radius 3 is 2.86 bits per heavy atom. The molecule has 72 valence electrons. The molecular formula is C10H10N2O2. The van der Waals surface area contributed by atoms with E-state index in [0.717, 1.165) is 5.56 Å². The molecule has 0 aliphatic carbocycles. The van der Waals surface area contributed by atoms with E-state index in [1.165, 1.54) is 6.07 Å². The maximum atomic E-state index is 10.6. The number of nitro benzene ring substituents is 1. The second-order valence-corrected chi connectivity index (χ2v) is 2.73. The molecule has 14 heavy (non-hydrogen) atoms. The molecule has 4 heteroatoms. The van der Waals surface area contributed by atoms with Crippen LogP contribution in [0.2, 0.25) is 0 Å². The van der Waals surface area contributed by atoms with Crippen LogP contribution >= 0.6 is 0 Å². The summed E-state index contributed by atoms with van der Waals surface area (Å²) in [5.74, 6) is 5.32. The number of nitrogens with two attached hydrogens (primary N) is 1. The molecular weight excluding hydrogens is 180 g/mol. The Balaban J connectivity index is 3.29.